The molecule has 1 aliphatic rings. The van der Waals surface area contributed by atoms with Gasteiger partial charge in [-0.05, 0) is 49.0 Å². The van der Waals surface area contributed by atoms with Crippen LogP contribution >= 0.6 is 0 Å². The summed E-state index contributed by atoms with van der Waals surface area (Å²) in [7, 11) is 1.62. The fraction of sp³-hybridized carbons (Fsp3) is 0.550. The third-order valence-electron chi connectivity index (χ3n) is 4.52. The predicted octanol–water partition coefficient (Wildman–Crippen LogP) is 4.19. The molecule has 2 atom stereocenters. The standard InChI is InChI=1S/C20H29NO3/c1-4-13-24-18-11-9-16(14-19(18)23-3)10-12-20(22)21-17-8-6-5-7-15(17)2/h9-12,14-15,17H,4-8,13H2,1-3H3,(H,21,22). The Kier molecular flexibility index (Phi) is 7.16. The molecule has 1 aliphatic carbocycles. The minimum Gasteiger partial charge on any atom is -0.493 e. The monoisotopic (exact) mass is 331 g/mol. The second-order valence-corrected chi connectivity index (χ2v) is 6.47. The van der Waals surface area contributed by atoms with Crippen LogP contribution in [0.5, 0.6) is 11.5 Å². The van der Waals surface area contributed by atoms with Crippen molar-refractivity contribution in [2.45, 2.75) is 52.0 Å². The lowest BCUT2D eigenvalue weighted by Crippen LogP contribution is -2.40. The average Bonchev–Trinajstić information content (AvgIpc) is 2.60. The number of benzene rings is 1. The molecule has 4 heteroatoms. The first-order valence-corrected chi connectivity index (χ1v) is 8.93. The second kappa shape index (κ2) is 9.36. The summed E-state index contributed by atoms with van der Waals surface area (Å²) in [5.41, 5.74) is 0.919. The Balaban J connectivity index is 1.96. The van der Waals surface area contributed by atoms with E-state index in [2.05, 4.69) is 19.2 Å². The van der Waals surface area contributed by atoms with Crippen LogP contribution in [0.25, 0.3) is 6.08 Å². The van der Waals surface area contributed by atoms with Crippen molar-refractivity contribution >= 4 is 12.0 Å². The van der Waals surface area contributed by atoms with Gasteiger partial charge in [-0.15, -0.1) is 0 Å². The van der Waals surface area contributed by atoms with Gasteiger partial charge in [0, 0.05) is 12.1 Å². The Morgan fingerprint density at radius 2 is 2.08 bits per heavy atom. The minimum atomic E-state index is -0.0287. The number of carbonyl (C=O) groups excluding carboxylic acids is 1. The molecule has 0 bridgehead atoms. The molecule has 0 radical (unpaired) electrons. The van der Waals surface area contributed by atoms with Gasteiger partial charge in [0.1, 0.15) is 0 Å². The smallest absolute Gasteiger partial charge is 0.244 e. The Labute approximate surface area is 145 Å². The minimum absolute atomic E-state index is 0.0287. The third-order valence-corrected chi connectivity index (χ3v) is 4.52. The number of ether oxygens (including phenoxy) is 2. The molecule has 1 aromatic rings. The molecule has 132 valence electrons. The zero-order chi connectivity index (χ0) is 17.4. The maximum absolute atomic E-state index is 12.1. The number of methoxy groups -OCH3 is 1. The molecule has 0 spiro atoms. The van der Waals surface area contributed by atoms with Gasteiger partial charge in [-0.2, -0.15) is 0 Å². The largest absolute Gasteiger partial charge is 0.493 e. The van der Waals surface area contributed by atoms with Crippen LogP contribution in [-0.2, 0) is 4.79 Å². The van der Waals surface area contributed by atoms with Gasteiger partial charge in [-0.25, -0.2) is 0 Å². The van der Waals surface area contributed by atoms with Crippen LogP contribution in [0.1, 0.15) is 51.5 Å². The zero-order valence-electron chi connectivity index (χ0n) is 15.0. The highest BCUT2D eigenvalue weighted by molar-refractivity contribution is 5.92. The van der Waals surface area contributed by atoms with Crippen LogP contribution in [0.4, 0.5) is 0 Å². The van der Waals surface area contributed by atoms with Crippen molar-refractivity contribution in [3.05, 3.63) is 29.8 Å². The van der Waals surface area contributed by atoms with Crippen LogP contribution in [-0.4, -0.2) is 25.7 Å². The number of carbonyl (C=O) groups is 1. The fourth-order valence-corrected chi connectivity index (χ4v) is 3.05. The predicted molar refractivity (Wildman–Crippen MR) is 97.4 cm³/mol. The van der Waals surface area contributed by atoms with Crippen molar-refractivity contribution in [2.75, 3.05) is 13.7 Å². The van der Waals surface area contributed by atoms with Crippen LogP contribution < -0.4 is 14.8 Å². The van der Waals surface area contributed by atoms with Gasteiger partial charge < -0.3 is 14.8 Å². The summed E-state index contributed by atoms with van der Waals surface area (Å²) in [6.07, 6.45) is 9.12. The van der Waals surface area contributed by atoms with Gasteiger partial charge in [0.2, 0.25) is 5.91 Å². The van der Waals surface area contributed by atoms with Gasteiger partial charge in [0.15, 0.2) is 11.5 Å². The molecule has 0 aliphatic heterocycles. The highest BCUT2D eigenvalue weighted by Crippen LogP contribution is 2.28. The first-order valence-electron chi connectivity index (χ1n) is 8.93. The summed E-state index contributed by atoms with van der Waals surface area (Å²) < 4.78 is 11.0. The summed E-state index contributed by atoms with van der Waals surface area (Å²) in [4.78, 5) is 12.1. The van der Waals surface area contributed by atoms with E-state index in [9.17, 15) is 4.79 Å². The second-order valence-electron chi connectivity index (χ2n) is 6.47. The van der Waals surface area contributed by atoms with Crippen LogP contribution in [0.15, 0.2) is 24.3 Å². The highest BCUT2D eigenvalue weighted by Gasteiger charge is 2.21. The molecule has 1 fully saturated rings. The van der Waals surface area contributed by atoms with Crippen LogP contribution in [0.2, 0.25) is 0 Å². The van der Waals surface area contributed by atoms with Crippen molar-refractivity contribution in [3.8, 4) is 11.5 Å². The molecule has 0 aromatic heterocycles. The van der Waals surface area contributed by atoms with Crippen molar-refractivity contribution in [1.82, 2.24) is 5.32 Å². The van der Waals surface area contributed by atoms with Gasteiger partial charge >= 0.3 is 0 Å². The molecule has 1 amide bonds. The summed E-state index contributed by atoms with van der Waals surface area (Å²) in [6.45, 7) is 4.94. The summed E-state index contributed by atoms with van der Waals surface area (Å²) in [5.74, 6) is 1.95. The maximum Gasteiger partial charge on any atom is 0.244 e. The zero-order valence-corrected chi connectivity index (χ0v) is 15.0. The number of amides is 1. The first-order chi connectivity index (χ1) is 11.6. The summed E-state index contributed by atoms with van der Waals surface area (Å²) in [5, 5.41) is 3.13. The van der Waals surface area contributed by atoms with E-state index >= 15 is 0 Å². The van der Waals surface area contributed by atoms with E-state index in [1.165, 1.54) is 19.3 Å². The Morgan fingerprint density at radius 3 is 2.79 bits per heavy atom. The molecule has 0 heterocycles. The molecule has 4 nitrogen and oxygen atoms in total. The molecular weight excluding hydrogens is 302 g/mol. The number of nitrogens with one attached hydrogen (secondary N) is 1. The van der Waals surface area contributed by atoms with Crippen LogP contribution in [0.3, 0.4) is 0 Å². The average molecular weight is 331 g/mol. The van der Waals surface area contributed by atoms with Gasteiger partial charge in [-0.1, -0.05) is 32.8 Å². The summed E-state index contributed by atoms with van der Waals surface area (Å²) in [6, 6.07) is 6.00. The molecular formula is C20H29NO3. The Morgan fingerprint density at radius 1 is 1.29 bits per heavy atom. The van der Waals surface area contributed by atoms with Crippen molar-refractivity contribution in [2.24, 2.45) is 5.92 Å². The van der Waals surface area contributed by atoms with Gasteiger partial charge in [0.05, 0.1) is 13.7 Å². The van der Waals surface area contributed by atoms with E-state index in [1.54, 1.807) is 13.2 Å². The van der Waals surface area contributed by atoms with E-state index in [4.69, 9.17) is 9.47 Å². The number of hydrogen-bond acceptors (Lipinski definition) is 3. The summed E-state index contributed by atoms with van der Waals surface area (Å²) >= 11 is 0. The third kappa shape index (κ3) is 5.29. The molecule has 2 unspecified atom stereocenters. The Bertz CT molecular complexity index is 568. The Hall–Kier alpha value is -1.97. The topological polar surface area (TPSA) is 47.6 Å². The van der Waals surface area contributed by atoms with Crippen molar-refractivity contribution < 1.29 is 14.3 Å². The van der Waals surface area contributed by atoms with Crippen molar-refractivity contribution in [1.29, 1.82) is 0 Å². The molecule has 1 saturated carbocycles. The van der Waals surface area contributed by atoms with E-state index in [0.29, 0.717) is 24.3 Å². The van der Waals surface area contributed by atoms with Crippen LogP contribution in [0, 0.1) is 5.92 Å². The highest BCUT2D eigenvalue weighted by atomic mass is 16.5. The quantitative estimate of drug-likeness (QED) is 0.762. The molecule has 2 rings (SSSR count). The van der Waals surface area contributed by atoms with E-state index in [-0.39, 0.29) is 5.91 Å². The SMILES string of the molecule is CCCOc1ccc(C=CC(=O)NC2CCCCC2C)cc1OC. The lowest BCUT2D eigenvalue weighted by molar-refractivity contribution is -0.117. The number of hydrogen-bond donors (Lipinski definition) is 1. The number of rotatable bonds is 7. The normalized spacial score (nSPS) is 20.8. The maximum atomic E-state index is 12.1. The molecule has 1 aromatic carbocycles. The van der Waals surface area contributed by atoms with E-state index in [0.717, 1.165) is 24.2 Å². The lowest BCUT2D eigenvalue weighted by Gasteiger charge is -2.29. The van der Waals surface area contributed by atoms with Gasteiger partial charge in [0.25, 0.3) is 0 Å². The molecule has 0 saturated heterocycles. The fourth-order valence-electron chi connectivity index (χ4n) is 3.05. The van der Waals surface area contributed by atoms with Crippen molar-refractivity contribution in [3.63, 3.8) is 0 Å². The van der Waals surface area contributed by atoms with Gasteiger partial charge in [-0.3, -0.25) is 4.79 Å². The first kappa shape index (κ1) is 18.4. The molecule has 1 N–H and O–H groups in total. The van der Waals surface area contributed by atoms with E-state index < -0.39 is 0 Å². The van der Waals surface area contributed by atoms with E-state index in [1.807, 2.05) is 24.3 Å². The lowest BCUT2D eigenvalue weighted by atomic mass is 9.86. The molecule has 24 heavy (non-hydrogen) atoms.